The molecule has 0 unspecified atom stereocenters. The molecule has 2 saturated carbocycles. The van der Waals surface area contributed by atoms with Crippen LogP contribution in [0.3, 0.4) is 0 Å². The maximum Gasteiger partial charge on any atom is 0.240 e. The zero-order valence-corrected chi connectivity index (χ0v) is 16.1. The second kappa shape index (κ2) is 7.43. The molecular weight excluding hydrogens is 340 g/mol. The molecule has 1 aromatic carbocycles. The molecule has 2 aliphatic carbocycles. The van der Waals surface area contributed by atoms with Crippen LogP contribution < -0.4 is 5.32 Å². The van der Waals surface area contributed by atoms with Crippen molar-refractivity contribution in [1.29, 1.82) is 0 Å². The standard InChI is InChI=1S/C21H28N4O2/c1-25(2)14-19-22-20(24-27-19)21(10-6-7-11-21)23-18(26)13-16-12-17(16)15-8-4-3-5-9-15/h3-5,8-9,16-17H,6-7,10-14H2,1-2H3,(H,23,26)/t16-,17-/m0/s1. The fourth-order valence-electron chi connectivity index (χ4n) is 4.30. The van der Waals surface area contributed by atoms with Gasteiger partial charge in [0.15, 0.2) is 5.82 Å². The van der Waals surface area contributed by atoms with E-state index in [-0.39, 0.29) is 5.91 Å². The second-order valence-corrected chi connectivity index (χ2v) is 8.30. The fraction of sp³-hybridized carbons (Fsp3) is 0.571. The van der Waals surface area contributed by atoms with Gasteiger partial charge in [0.05, 0.1) is 6.54 Å². The first-order valence-electron chi connectivity index (χ1n) is 9.89. The van der Waals surface area contributed by atoms with E-state index in [0.29, 0.717) is 36.5 Å². The molecule has 0 spiro atoms. The Hall–Kier alpha value is -2.21. The van der Waals surface area contributed by atoms with Crippen molar-refractivity contribution in [1.82, 2.24) is 20.4 Å². The summed E-state index contributed by atoms with van der Waals surface area (Å²) in [6.45, 7) is 0.609. The highest BCUT2D eigenvalue weighted by Gasteiger charge is 2.44. The summed E-state index contributed by atoms with van der Waals surface area (Å²) >= 11 is 0. The average Bonchev–Trinajstić information content (AvgIpc) is 3.03. The summed E-state index contributed by atoms with van der Waals surface area (Å²) < 4.78 is 5.41. The molecule has 27 heavy (non-hydrogen) atoms. The average molecular weight is 368 g/mol. The third kappa shape index (κ3) is 4.05. The topological polar surface area (TPSA) is 71.3 Å². The van der Waals surface area contributed by atoms with Gasteiger partial charge >= 0.3 is 0 Å². The van der Waals surface area contributed by atoms with Gasteiger partial charge in [-0.1, -0.05) is 48.3 Å². The summed E-state index contributed by atoms with van der Waals surface area (Å²) in [6.07, 6.45) is 5.59. The van der Waals surface area contributed by atoms with E-state index >= 15 is 0 Å². The van der Waals surface area contributed by atoms with Crippen LogP contribution in [0.4, 0.5) is 0 Å². The highest BCUT2D eigenvalue weighted by Crippen LogP contribution is 2.49. The Bertz CT molecular complexity index is 780. The number of amides is 1. The van der Waals surface area contributed by atoms with Crippen LogP contribution in [-0.4, -0.2) is 35.0 Å². The van der Waals surface area contributed by atoms with Gasteiger partial charge in [-0.05, 0) is 50.8 Å². The molecule has 2 atom stereocenters. The lowest BCUT2D eigenvalue weighted by atomic mass is 9.96. The molecule has 1 N–H and O–H groups in total. The Labute approximate surface area is 160 Å². The molecule has 6 nitrogen and oxygen atoms in total. The minimum atomic E-state index is -0.456. The number of carbonyl (C=O) groups excluding carboxylic acids is 1. The van der Waals surface area contributed by atoms with Crippen molar-refractivity contribution in [2.75, 3.05) is 14.1 Å². The summed E-state index contributed by atoms with van der Waals surface area (Å²) in [5.74, 6) is 2.32. The Balaban J connectivity index is 1.40. The van der Waals surface area contributed by atoms with Crippen molar-refractivity contribution < 1.29 is 9.32 Å². The largest absolute Gasteiger partial charge is 0.343 e. The molecule has 144 valence electrons. The maximum absolute atomic E-state index is 12.8. The molecular formula is C21H28N4O2. The molecule has 6 heteroatoms. The van der Waals surface area contributed by atoms with Crippen molar-refractivity contribution in [2.24, 2.45) is 5.92 Å². The van der Waals surface area contributed by atoms with E-state index in [9.17, 15) is 4.79 Å². The number of aromatic nitrogens is 2. The lowest BCUT2D eigenvalue weighted by Crippen LogP contribution is -2.44. The Morgan fingerprint density at radius 1 is 1.26 bits per heavy atom. The molecule has 0 bridgehead atoms. The molecule has 2 fully saturated rings. The minimum absolute atomic E-state index is 0.110. The Kier molecular flexibility index (Phi) is 5.00. The smallest absolute Gasteiger partial charge is 0.240 e. The van der Waals surface area contributed by atoms with E-state index < -0.39 is 5.54 Å². The van der Waals surface area contributed by atoms with Crippen molar-refractivity contribution in [2.45, 2.75) is 56.5 Å². The van der Waals surface area contributed by atoms with Gasteiger partial charge in [-0.2, -0.15) is 4.98 Å². The van der Waals surface area contributed by atoms with E-state index in [1.165, 1.54) is 5.56 Å². The van der Waals surface area contributed by atoms with Gasteiger partial charge in [-0.3, -0.25) is 4.79 Å². The van der Waals surface area contributed by atoms with Gasteiger partial charge < -0.3 is 14.7 Å². The van der Waals surface area contributed by atoms with Gasteiger partial charge in [-0.15, -0.1) is 0 Å². The summed E-state index contributed by atoms with van der Waals surface area (Å²) in [4.78, 5) is 19.4. The normalized spacial score (nSPS) is 23.5. The molecule has 1 aromatic heterocycles. The van der Waals surface area contributed by atoms with Gasteiger partial charge in [-0.25, -0.2) is 0 Å². The molecule has 4 rings (SSSR count). The first-order valence-corrected chi connectivity index (χ1v) is 9.89. The minimum Gasteiger partial charge on any atom is -0.343 e. The maximum atomic E-state index is 12.8. The molecule has 2 aromatic rings. The SMILES string of the molecule is CN(C)Cc1nc(C2(NC(=O)C[C@@H]3C[C@H]3c3ccccc3)CCCC2)no1. The monoisotopic (exact) mass is 368 g/mol. The van der Waals surface area contributed by atoms with E-state index in [2.05, 4.69) is 39.7 Å². The molecule has 2 aliphatic rings. The van der Waals surface area contributed by atoms with Crippen LogP contribution in [0.25, 0.3) is 0 Å². The first kappa shape index (κ1) is 18.2. The van der Waals surface area contributed by atoms with Crippen molar-refractivity contribution in [3.05, 3.63) is 47.6 Å². The number of hydrogen-bond acceptors (Lipinski definition) is 5. The van der Waals surface area contributed by atoms with E-state index in [1.54, 1.807) is 0 Å². The summed E-state index contributed by atoms with van der Waals surface area (Å²) in [5, 5.41) is 7.49. The Morgan fingerprint density at radius 2 is 2.00 bits per heavy atom. The van der Waals surface area contributed by atoms with Crippen LogP contribution >= 0.6 is 0 Å². The summed E-state index contributed by atoms with van der Waals surface area (Å²) in [6, 6.07) is 10.5. The molecule has 1 heterocycles. The molecule has 1 amide bonds. The molecule has 0 saturated heterocycles. The number of rotatable bonds is 7. The van der Waals surface area contributed by atoms with E-state index in [0.717, 1.165) is 32.1 Å². The summed E-state index contributed by atoms with van der Waals surface area (Å²) in [7, 11) is 3.94. The van der Waals surface area contributed by atoms with Crippen LogP contribution in [0.2, 0.25) is 0 Å². The molecule has 0 radical (unpaired) electrons. The van der Waals surface area contributed by atoms with Gasteiger partial charge in [0.1, 0.15) is 5.54 Å². The quantitative estimate of drug-likeness (QED) is 0.812. The predicted molar refractivity (Wildman–Crippen MR) is 102 cm³/mol. The van der Waals surface area contributed by atoms with Crippen molar-refractivity contribution >= 4 is 5.91 Å². The number of nitrogens with one attached hydrogen (secondary N) is 1. The lowest BCUT2D eigenvalue weighted by molar-refractivity contribution is -0.123. The van der Waals surface area contributed by atoms with Crippen molar-refractivity contribution in [3.8, 4) is 0 Å². The van der Waals surface area contributed by atoms with Gasteiger partial charge in [0, 0.05) is 6.42 Å². The first-order chi connectivity index (χ1) is 13.1. The van der Waals surface area contributed by atoms with Gasteiger partial charge in [0.25, 0.3) is 0 Å². The van der Waals surface area contributed by atoms with E-state index in [1.807, 2.05) is 25.1 Å². The predicted octanol–water partition coefficient (Wildman–Crippen LogP) is 3.21. The second-order valence-electron chi connectivity index (χ2n) is 8.30. The van der Waals surface area contributed by atoms with Crippen molar-refractivity contribution in [3.63, 3.8) is 0 Å². The van der Waals surface area contributed by atoms with Gasteiger partial charge in [0.2, 0.25) is 11.8 Å². The fourth-order valence-corrected chi connectivity index (χ4v) is 4.30. The van der Waals surface area contributed by atoms with Crippen LogP contribution in [-0.2, 0) is 16.9 Å². The number of carbonyl (C=O) groups is 1. The van der Waals surface area contributed by atoms with Crippen LogP contribution in [0, 0.1) is 5.92 Å². The van der Waals surface area contributed by atoms with E-state index in [4.69, 9.17) is 4.52 Å². The third-order valence-corrected chi connectivity index (χ3v) is 5.78. The molecule has 0 aliphatic heterocycles. The highest BCUT2D eigenvalue weighted by molar-refractivity contribution is 5.77. The number of benzene rings is 1. The Morgan fingerprint density at radius 3 is 2.70 bits per heavy atom. The number of nitrogens with zero attached hydrogens (tertiary/aromatic N) is 3. The highest BCUT2D eigenvalue weighted by atomic mass is 16.5. The lowest BCUT2D eigenvalue weighted by Gasteiger charge is -2.26. The summed E-state index contributed by atoms with van der Waals surface area (Å²) in [5.41, 5.74) is 0.889. The van der Waals surface area contributed by atoms with Crippen LogP contribution in [0.5, 0.6) is 0 Å². The van der Waals surface area contributed by atoms with Crippen LogP contribution in [0.15, 0.2) is 34.9 Å². The zero-order chi connectivity index (χ0) is 18.9. The third-order valence-electron chi connectivity index (χ3n) is 5.78. The zero-order valence-electron chi connectivity index (χ0n) is 16.1. The number of hydrogen-bond donors (Lipinski definition) is 1. The van der Waals surface area contributed by atoms with Crippen LogP contribution in [0.1, 0.15) is 61.7 Å².